The predicted molar refractivity (Wildman–Crippen MR) is 119 cm³/mol. The molecule has 0 radical (unpaired) electrons. The summed E-state index contributed by atoms with van der Waals surface area (Å²) in [5.74, 6) is 9.51. The Bertz CT molecular complexity index is 835. The Morgan fingerprint density at radius 1 is 0.815 bits per heavy atom. The fourth-order valence-corrected chi connectivity index (χ4v) is 8.58. The van der Waals surface area contributed by atoms with Gasteiger partial charge in [-0.15, -0.1) is 0 Å². The predicted octanol–water partition coefficient (Wildman–Crippen LogP) is 6.07. The average molecular weight is 373 g/mol. The summed E-state index contributed by atoms with van der Waals surface area (Å²) in [5.41, 5.74) is 2.82. The van der Waals surface area contributed by atoms with Gasteiger partial charge in [0.2, 0.25) is 0 Å². The SMILES string of the molecule is CC1(C)[C@@H]2CC(C[Si](C)(C)c3ccc(C#Cc4ccccc4)cc3)C[C@H]1C2. The molecule has 0 N–H and O–H groups in total. The second-order valence-corrected chi connectivity index (χ2v) is 14.8. The third-order valence-electron chi connectivity index (χ3n) is 7.50. The third-order valence-corrected chi connectivity index (χ3v) is 11.0. The third kappa shape index (κ3) is 3.78. The van der Waals surface area contributed by atoms with Crippen LogP contribution in [0.4, 0.5) is 0 Å². The maximum absolute atomic E-state index is 3.31. The van der Waals surface area contributed by atoms with E-state index in [-0.39, 0.29) is 0 Å². The van der Waals surface area contributed by atoms with Gasteiger partial charge in [-0.25, -0.2) is 0 Å². The Kier molecular flexibility index (Phi) is 4.81. The van der Waals surface area contributed by atoms with Crippen LogP contribution in [0, 0.1) is 35.0 Å². The first-order valence-electron chi connectivity index (χ1n) is 10.5. The Labute approximate surface area is 166 Å². The van der Waals surface area contributed by atoms with Crippen LogP contribution in [-0.4, -0.2) is 8.07 Å². The van der Waals surface area contributed by atoms with Crippen molar-refractivity contribution in [2.45, 2.75) is 52.2 Å². The fourth-order valence-electron chi connectivity index (χ4n) is 5.50. The minimum atomic E-state index is -1.38. The molecule has 0 aromatic heterocycles. The largest absolute Gasteiger partial charge is 0.0809 e. The molecule has 1 unspecified atom stereocenters. The summed E-state index contributed by atoms with van der Waals surface area (Å²) in [6.07, 6.45) is 4.45. The lowest BCUT2D eigenvalue weighted by molar-refractivity contribution is -0.0862. The molecular weight excluding hydrogens is 340 g/mol. The van der Waals surface area contributed by atoms with E-state index in [4.69, 9.17) is 0 Å². The van der Waals surface area contributed by atoms with Crippen LogP contribution in [0.1, 0.15) is 44.2 Å². The Morgan fingerprint density at radius 3 is 1.93 bits per heavy atom. The van der Waals surface area contributed by atoms with Crippen molar-refractivity contribution in [1.82, 2.24) is 0 Å². The van der Waals surface area contributed by atoms with Gasteiger partial charge in [0.1, 0.15) is 0 Å². The number of hydrogen-bond acceptors (Lipinski definition) is 0. The number of fused-ring (bicyclic) bond motifs is 2. The van der Waals surface area contributed by atoms with Gasteiger partial charge in [-0.05, 0) is 66.7 Å². The molecule has 3 fully saturated rings. The first kappa shape index (κ1) is 18.6. The molecule has 0 spiro atoms. The Hall–Kier alpha value is -1.78. The first-order valence-corrected chi connectivity index (χ1v) is 13.7. The highest BCUT2D eigenvalue weighted by molar-refractivity contribution is 6.89. The first-order chi connectivity index (χ1) is 12.8. The van der Waals surface area contributed by atoms with Crippen LogP contribution in [0.2, 0.25) is 19.1 Å². The van der Waals surface area contributed by atoms with E-state index in [2.05, 4.69) is 75.2 Å². The van der Waals surface area contributed by atoms with Crippen molar-refractivity contribution in [3.63, 3.8) is 0 Å². The zero-order valence-electron chi connectivity index (χ0n) is 17.3. The van der Waals surface area contributed by atoms with E-state index in [1.165, 1.54) is 25.3 Å². The Morgan fingerprint density at radius 2 is 1.37 bits per heavy atom. The minimum Gasteiger partial charge on any atom is -0.0654 e. The molecule has 0 heterocycles. The summed E-state index contributed by atoms with van der Waals surface area (Å²) >= 11 is 0. The van der Waals surface area contributed by atoms with E-state index in [0.717, 1.165) is 28.9 Å². The molecule has 2 bridgehead atoms. The van der Waals surface area contributed by atoms with Crippen LogP contribution in [-0.2, 0) is 0 Å². The van der Waals surface area contributed by atoms with Crippen molar-refractivity contribution in [1.29, 1.82) is 0 Å². The van der Waals surface area contributed by atoms with Gasteiger partial charge in [0, 0.05) is 11.1 Å². The molecule has 3 aliphatic rings. The van der Waals surface area contributed by atoms with E-state index in [9.17, 15) is 0 Å². The van der Waals surface area contributed by atoms with Gasteiger partial charge in [-0.1, -0.05) is 80.3 Å². The van der Waals surface area contributed by atoms with Crippen molar-refractivity contribution in [3.8, 4) is 11.8 Å². The summed E-state index contributed by atoms with van der Waals surface area (Å²) in [6, 6.07) is 20.8. The standard InChI is InChI=1S/C26H32Si/c1-26(2)23-16-22(17-24(26)18-23)19-27(3,4)25-14-12-21(13-15-25)11-10-20-8-6-5-7-9-20/h5-9,12-15,22-24H,16-19H2,1-4H3/t22?,23-,24+. The summed E-state index contributed by atoms with van der Waals surface area (Å²) < 4.78 is 0. The average Bonchev–Trinajstić information content (AvgIpc) is 2.67. The molecule has 3 atom stereocenters. The van der Waals surface area contributed by atoms with E-state index >= 15 is 0 Å². The van der Waals surface area contributed by atoms with Crippen LogP contribution in [0.25, 0.3) is 0 Å². The summed E-state index contributed by atoms with van der Waals surface area (Å²) in [4.78, 5) is 0. The number of rotatable bonds is 3. The molecule has 0 saturated heterocycles. The lowest BCUT2D eigenvalue weighted by atomic mass is 9.47. The maximum Gasteiger partial charge on any atom is 0.0809 e. The van der Waals surface area contributed by atoms with Crippen LogP contribution < -0.4 is 5.19 Å². The van der Waals surface area contributed by atoms with Crippen LogP contribution >= 0.6 is 0 Å². The Balaban J connectivity index is 1.41. The number of hydrogen-bond donors (Lipinski definition) is 0. The maximum atomic E-state index is 3.31. The molecule has 27 heavy (non-hydrogen) atoms. The summed E-state index contributed by atoms with van der Waals surface area (Å²) in [6.45, 7) is 10.1. The lowest BCUT2D eigenvalue weighted by Crippen LogP contribution is -2.52. The van der Waals surface area contributed by atoms with E-state index in [1.54, 1.807) is 5.19 Å². The summed E-state index contributed by atoms with van der Waals surface area (Å²) in [5, 5.41) is 1.59. The second kappa shape index (κ2) is 6.99. The van der Waals surface area contributed by atoms with Crippen molar-refractivity contribution in [2.24, 2.45) is 23.2 Å². The normalized spacial score (nSPS) is 25.9. The molecular formula is C26H32Si. The topological polar surface area (TPSA) is 0 Å². The van der Waals surface area contributed by atoms with E-state index < -0.39 is 8.07 Å². The molecule has 2 aromatic carbocycles. The zero-order chi connectivity index (χ0) is 19.1. The van der Waals surface area contributed by atoms with Crippen LogP contribution in [0.3, 0.4) is 0 Å². The monoisotopic (exact) mass is 372 g/mol. The van der Waals surface area contributed by atoms with E-state index in [0.29, 0.717) is 5.41 Å². The van der Waals surface area contributed by atoms with Gasteiger partial charge in [-0.2, -0.15) is 0 Å². The molecule has 140 valence electrons. The van der Waals surface area contributed by atoms with E-state index in [1.807, 2.05) is 18.2 Å². The smallest absolute Gasteiger partial charge is 0.0654 e. The quantitative estimate of drug-likeness (QED) is 0.453. The molecule has 3 saturated carbocycles. The molecule has 2 aromatic rings. The second-order valence-electron chi connectivity index (χ2n) is 10.1. The van der Waals surface area contributed by atoms with Crippen LogP contribution in [0.5, 0.6) is 0 Å². The van der Waals surface area contributed by atoms with Gasteiger partial charge < -0.3 is 0 Å². The molecule has 0 amide bonds. The molecule has 0 aliphatic heterocycles. The van der Waals surface area contributed by atoms with Crippen molar-refractivity contribution in [3.05, 3.63) is 65.7 Å². The van der Waals surface area contributed by atoms with Crippen LogP contribution in [0.15, 0.2) is 54.6 Å². The number of benzene rings is 2. The highest BCUT2D eigenvalue weighted by Crippen LogP contribution is 2.61. The van der Waals surface area contributed by atoms with Gasteiger partial charge in [0.05, 0.1) is 8.07 Å². The highest BCUT2D eigenvalue weighted by atomic mass is 28.3. The minimum absolute atomic E-state index is 0.626. The van der Waals surface area contributed by atoms with Crippen molar-refractivity contribution < 1.29 is 0 Å². The molecule has 3 aliphatic carbocycles. The zero-order valence-corrected chi connectivity index (χ0v) is 18.3. The highest BCUT2D eigenvalue weighted by Gasteiger charge is 2.53. The van der Waals surface area contributed by atoms with Crippen molar-refractivity contribution in [2.75, 3.05) is 0 Å². The molecule has 5 rings (SSSR count). The van der Waals surface area contributed by atoms with Crippen molar-refractivity contribution >= 4 is 13.3 Å². The summed E-state index contributed by atoms with van der Waals surface area (Å²) in [7, 11) is -1.38. The fraction of sp³-hybridized carbons (Fsp3) is 0.462. The van der Waals surface area contributed by atoms with Gasteiger partial charge >= 0.3 is 0 Å². The van der Waals surface area contributed by atoms with Gasteiger partial charge in [0.25, 0.3) is 0 Å². The molecule has 1 heteroatoms. The van der Waals surface area contributed by atoms with Gasteiger partial charge in [-0.3, -0.25) is 0 Å². The van der Waals surface area contributed by atoms with Gasteiger partial charge in [0.15, 0.2) is 0 Å². The molecule has 0 nitrogen and oxygen atoms in total. The lowest BCUT2D eigenvalue weighted by Gasteiger charge is -2.59.